The van der Waals surface area contributed by atoms with Crippen LogP contribution in [0.25, 0.3) is 33.4 Å². The van der Waals surface area contributed by atoms with Crippen LogP contribution >= 0.6 is 0 Å². The maximum absolute atomic E-state index is 6.38. The fraction of sp³-hybridized carbons (Fsp3) is 0.273. The first kappa shape index (κ1) is 35.7. The lowest BCUT2D eigenvalue weighted by atomic mass is 9.77. The van der Waals surface area contributed by atoms with E-state index in [1.807, 2.05) is 12.3 Å². The fourth-order valence-electron chi connectivity index (χ4n) is 5.93. The van der Waals surface area contributed by atoms with E-state index in [9.17, 15) is 0 Å². The van der Waals surface area contributed by atoms with Crippen LogP contribution < -0.4 is 16.5 Å². The fourth-order valence-corrected chi connectivity index (χ4v) is 5.93. The summed E-state index contributed by atoms with van der Waals surface area (Å²) < 4.78 is 12.8. The molecule has 0 atom stereocenters. The Morgan fingerprint density at radius 1 is 0.776 bits per heavy atom. The van der Waals surface area contributed by atoms with Crippen LogP contribution in [-0.2, 0) is 15.7 Å². The third kappa shape index (κ3) is 9.32. The molecule has 1 saturated heterocycles. The zero-order valence-corrected chi connectivity index (χ0v) is 30.2. The number of hydrogen-bond donors (Lipinski definition) is 2. The maximum Gasteiger partial charge on any atom is 0.494 e. The van der Waals surface area contributed by atoms with Crippen molar-refractivity contribution < 1.29 is 9.31 Å². The van der Waals surface area contributed by atoms with Gasteiger partial charge < -0.3 is 20.4 Å². The first-order chi connectivity index (χ1) is 23.4. The molecule has 4 aromatic carbocycles. The highest BCUT2D eigenvalue weighted by Crippen LogP contribution is 2.37. The molecule has 6 rings (SSSR count). The Morgan fingerprint density at radius 3 is 1.92 bits per heavy atom. The standard InChI is InChI=1S/C38H42BNO2.C6H9N/c1-27(12-10-20-40)18-19-29-13-8-15-31(22-29)34-23-33(30-14-7-11-28(2)21-30)24-35(25-34)32-16-9-17-36(26-32)39-41-37(3,4)38(5,6)42-39;1-6-3-2-4-7-5-6/h7-17,20-26H,18-19,40H2,1-6H3;2-3,5,7H,4H2,1H3/b20-10-,27-12-;. The van der Waals surface area contributed by atoms with Crippen LogP contribution in [0.1, 0.15) is 59.1 Å². The summed E-state index contributed by atoms with van der Waals surface area (Å²) in [7, 11) is -0.399. The van der Waals surface area contributed by atoms with Crippen molar-refractivity contribution in [2.45, 2.75) is 72.5 Å². The molecule has 0 unspecified atom stereocenters. The minimum absolute atomic E-state index is 0.383. The number of nitrogens with two attached hydrogens (primary N) is 1. The quantitative estimate of drug-likeness (QED) is 0.147. The lowest BCUT2D eigenvalue weighted by Crippen LogP contribution is -2.41. The topological polar surface area (TPSA) is 56.5 Å². The van der Waals surface area contributed by atoms with Crippen molar-refractivity contribution in [3.05, 3.63) is 150 Å². The van der Waals surface area contributed by atoms with Crippen LogP contribution in [-0.4, -0.2) is 24.9 Å². The van der Waals surface area contributed by atoms with Crippen molar-refractivity contribution in [2.75, 3.05) is 6.54 Å². The molecule has 2 aliphatic heterocycles. The Bertz CT molecular complexity index is 1870. The number of dihydropyridines is 1. The normalized spacial score (nSPS) is 16.6. The van der Waals surface area contributed by atoms with E-state index in [2.05, 4.69) is 163 Å². The Labute approximate surface area is 294 Å². The average Bonchev–Trinajstić information content (AvgIpc) is 3.33. The van der Waals surface area contributed by atoms with Gasteiger partial charge in [0.2, 0.25) is 0 Å². The van der Waals surface area contributed by atoms with Gasteiger partial charge in [-0.25, -0.2) is 0 Å². The monoisotopic (exact) mass is 650 g/mol. The van der Waals surface area contributed by atoms with Crippen molar-refractivity contribution in [1.82, 2.24) is 5.32 Å². The number of hydrogen-bond acceptors (Lipinski definition) is 4. The summed E-state index contributed by atoms with van der Waals surface area (Å²) in [5, 5.41) is 3.09. The van der Waals surface area contributed by atoms with E-state index in [0.29, 0.717) is 0 Å². The van der Waals surface area contributed by atoms with Gasteiger partial charge in [-0.05, 0) is 148 Å². The van der Waals surface area contributed by atoms with Gasteiger partial charge in [-0.15, -0.1) is 0 Å². The van der Waals surface area contributed by atoms with Crippen LogP contribution in [0.4, 0.5) is 0 Å². The highest BCUT2D eigenvalue weighted by Gasteiger charge is 2.51. The third-order valence-electron chi connectivity index (χ3n) is 9.54. The second kappa shape index (κ2) is 15.8. The van der Waals surface area contributed by atoms with E-state index in [4.69, 9.17) is 15.0 Å². The summed E-state index contributed by atoms with van der Waals surface area (Å²) in [6, 6.07) is 33.1. The Balaban J connectivity index is 0.000000595. The summed E-state index contributed by atoms with van der Waals surface area (Å²) in [6.07, 6.45) is 13.8. The average molecular weight is 651 g/mol. The van der Waals surface area contributed by atoms with Gasteiger partial charge in [-0.1, -0.05) is 102 Å². The predicted molar refractivity (Wildman–Crippen MR) is 210 cm³/mol. The first-order valence-electron chi connectivity index (χ1n) is 17.3. The summed E-state index contributed by atoms with van der Waals surface area (Å²) >= 11 is 0. The van der Waals surface area contributed by atoms with Crippen molar-refractivity contribution in [3.63, 3.8) is 0 Å². The van der Waals surface area contributed by atoms with E-state index < -0.39 is 7.12 Å². The highest BCUT2D eigenvalue weighted by atomic mass is 16.7. The third-order valence-corrected chi connectivity index (χ3v) is 9.54. The van der Waals surface area contributed by atoms with E-state index >= 15 is 0 Å². The van der Waals surface area contributed by atoms with E-state index in [0.717, 1.165) is 30.4 Å². The second-order valence-electron chi connectivity index (χ2n) is 14.2. The molecule has 0 saturated carbocycles. The molecule has 0 aliphatic carbocycles. The zero-order valence-electron chi connectivity index (χ0n) is 30.2. The number of benzene rings is 4. The number of rotatable bonds is 8. The largest absolute Gasteiger partial charge is 0.494 e. The molecular weight excluding hydrogens is 599 g/mol. The molecule has 3 N–H and O–H groups in total. The van der Waals surface area contributed by atoms with E-state index in [-0.39, 0.29) is 11.2 Å². The van der Waals surface area contributed by atoms with Gasteiger partial charge in [0, 0.05) is 6.54 Å². The van der Waals surface area contributed by atoms with Crippen LogP contribution in [0.3, 0.4) is 0 Å². The lowest BCUT2D eigenvalue weighted by Gasteiger charge is -2.32. The molecule has 49 heavy (non-hydrogen) atoms. The van der Waals surface area contributed by atoms with Gasteiger partial charge >= 0.3 is 7.12 Å². The van der Waals surface area contributed by atoms with Gasteiger partial charge in [0.1, 0.15) is 0 Å². The summed E-state index contributed by atoms with van der Waals surface area (Å²) in [5.41, 5.74) is 18.1. The molecule has 0 radical (unpaired) electrons. The van der Waals surface area contributed by atoms with Crippen LogP contribution in [0, 0.1) is 6.92 Å². The Hall–Kier alpha value is -4.58. The Morgan fingerprint density at radius 2 is 1.37 bits per heavy atom. The molecule has 0 spiro atoms. The molecule has 2 heterocycles. The van der Waals surface area contributed by atoms with Crippen molar-refractivity contribution in [1.29, 1.82) is 0 Å². The molecular formula is C44H51BN2O2. The Kier molecular flexibility index (Phi) is 11.5. The number of allylic oxidation sites excluding steroid dienone is 5. The number of aryl methyl sites for hydroxylation is 2. The van der Waals surface area contributed by atoms with Crippen LogP contribution in [0.15, 0.2) is 139 Å². The molecule has 252 valence electrons. The molecule has 0 aromatic heterocycles. The van der Waals surface area contributed by atoms with Gasteiger partial charge in [0.25, 0.3) is 0 Å². The minimum Gasteiger partial charge on any atom is -0.405 e. The minimum atomic E-state index is -0.399. The molecule has 4 aromatic rings. The second-order valence-corrected chi connectivity index (χ2v) is 14.2. The summed E-state index contributed by atoms with van der Waals surface area (Å²) in [6.45, 7) is 15.7. The predicted octanol–water partition coefficient (Wildman–Crippen LogP) is 9.70. The van der Waals surface area contributed by atoms with E-state index in [1.165, 1.54) is 50.1 Å². The summed E-state index contributed by atoms with van der Waals surface area (Å²) in [5.74, 6) is 0. The lowest BCUT2D eigenvalue weighted by molar-refractivity contribution is 0.00578. The molecule has 5 heteroatoms. The molecule has 2 aliphatic rings. The van der Waals surface area contributed by atoms with Gasteiger partial charge in [0.05, 0.1) is 11.2 Å². The van der Waals surface area contributed by atoms with Gasteiger partial charge in [0.15, 0.2) is 0 Å². The zero-order chi connectivity index (χ0) is 35.0. The first-order valence-corrected chi connectivity index (χ1v) is 17.3. The van der Waals surface area contributed by atoms with Crippen LogP contribution in [0.2, 0.25) is 0 Å². The SMILES string of the molecule is C/C(=C/C=C\N)CCc1cccc(-c2cc(-c3cccc(C)c3)cc(-c3cccc(B4OC(C)(C)C(C)(C)O4)c3)c2)c1.CC1=CNCC=C1. The number of nitrogens with one attached hydrogen (secondary N) is 1. The van der Waals surface area contributed by atoms with Gasteiger partial charge in [-0.3, -0.25) is 0 Å². The summed E-state index contributed by atoms with van der Waals surface area (Å²) in [4.78, 5) is 0. The maximum atomic E-state index is 6.38. The van der Waals surface area contributed by atoms with Crippen molar-refractivity contribution in [2.24, 2.45) is 5.73 Å². The smallest absolute Gasteiger partial charge is 0.405 e. The van der Waals surface area contributed by atoms with Gasteiger partial charge in [-0.2, -0.15) is 0 Å². The van der Waals surface area contributed by atoms with Crippen LogP contribution in [0.5, 0.6) is 0 Å². The van der Waals surface area contributed by atoms with E-state index in [1.54, 1.807) is 6.20 Å². The van der Waals surface area contributed by atoms with Crippen molar-refractivity contribution in [3.8, 4) is 33.4 Å². The molecule has 0 bridgehead atoms. The highest BCUT2D eigenvalue weighted by molar-refractivity contribution is 6.62. The molecule has 1 fully saturated rings. The van der Waals surface area contributed by atoms with Crippen molar-refractivity contribution >= 4 is 12.6 Å². The molecule has 4 nitrogen and oxygen atoms in total. The molecule has 0 amide bonds.